The van der Waals surface area contributed by atoms with Gasteiger partial charge in [0.15, 0.2) is 0 Å². The summed E-state index contributed by atoms with van der Waals surface area (Å²) in [4.78, 5) is 111. The highest BCUT2D eigenvalue weighted by molar-refractivity contribution is 8.76. The van der Waals surface area contributed by atoms with E-state index in [1.807, 2.05) is 38.2 Å². The Balaban J connectivity index is 1.87. The van der Waals surface area contributed by atoms with E-state index < -0.39 is 90.5 Å². The second kappa shape index (κ2) is 23.4. The highest BCUT2D eigenvalue weighted by atomic mass is 33.1. The molecule has 1 aliphatic rings. The number of unbranched alkanes of at least 4 members (excludes halogenated alkanes) is 1. The van der Waals surface area contributed by atoms with Crippen LogP contribution in [0, 0.1) is 0 Å². The molecule has 7 amide bonds. The van der Waals surface area contributed by atoms with Crippen LogP contribution in [0.1, 0.15) is 58.4 Å². The molecule has 0 aliphatic carbocycles. The predicted octanol–water partition coefficient (Wildman–Crippen LogP) is -0.130. The zero-order valence-electron chi connectivity index (χ0n) is 32.8. The van der Waals surface area contributed by atoms with Crippen LogP contribution in [0.2, 0.25) is 0 Å². The van der Waals surface area contributed by atoms with E-state index >= 15 is 0 Å². The Hall–Kier alpha value is -4.82. The van der Waals surface area contributed by atoms with Gasteiger partial charge < -0.3 is 52.2 Å². The van der Waals surface area contributed by atoms with Crippen molar-refractivity contribution in [3.05, 3.63) is 36.0 Å². The van der Waals surface area contributed by atoms with Crippen LogP contribution in [0.5, 0.6) is 0 Å². The number of carboxylic acid groups (broad SMARTS) is 1. The molecule has 5 atom stereocenters. The van der Waals surface area contributed by atoms with E-state index in [-0.39, 0.29) is 25.1 Å². The standard InChI is InChI=1S/C37H55N9O9S2/c1-5-45(4)15-9-8-12-27-35(53)40-20-31(48)43-28(18-32(49)50)36(54)41-22(2)37(55)46(16-13-24-19-39-26-11-7-6-10-25(24)26)23(3)34(52)44-29(33(38)51)21-57-56-17-14-30(47)42-27/h6-7,10-11,19,22-23,27-29,39H,5,8-9,12-18,20-21H2,1-4H3,(H2,38,51)(H,40,53)(H,41,54)(H,42,47)(H,43,48)(H,44,52)(H,49,50)/t22-,23-,27?,28-,29-/m0/s1. The first-order chi connectivity index (χ1) is 27.1. The Bertz CT molecular complexity index is 1740. The SMILES string of the molecule is CCN(C)CCCCC1NC(=O)CCSSC[C@@H](C(N)=O)NC(=O)[C@H](C)N(CCc2c[nH]c3ccccc23)C(=O)[C@H](C)NC(=O)[C@H](CC(=O)O)NC(=O)CNC1=O. The number of rotatable bonds is 12. The van der Waals surface area contributed by atoms with Crippen LogP contribution < -0.4 is 32.3 Å². The molecule has 57 heavy (non-hydrogen) atoms. The van der Waals surface area contributed by atoms with E-state index in [2.05, 4.69) is 36.5 Å². The first-order valence-corrected chi connectivity index (χ1v) is 21.4. The number of carboxylic acids is 1. The molecule has 0 saturated carbocycles. The third-order valence-corrected chi connectivity index (χ3v) is 11.9. The number of nitrogens with one attached hydrogen (secondary N) is 6. The van der Waals surface area contributed by atoms with Crippen LogP contribution in [0.3, 0.4) is 0 Å². The van der Waals surface area contributed by atoms with Crippen molar-refractivity contribution in [3.63, 3.8) is 0 Å². The molecular weight excluding hydrogens is 779 g/mol. The summed E-state index contributed by atoms with van der Waals surface area (Å²) in [7, 11) is 4.44. The van der Waals surface area contributed by atoms with E-state index in [4.69, 9.17) is 5.73 Å². The molecule has 9 N–H and O–H groups in total. The van der Waals surface area contributed by atoms with Gasteiger partial charge in [-0.25, -0.2) is 0 Å². The number of hydrogen-bond acceptors (Lipinski definition) is 11. The zero-order chi connectivity index (χ0) is 42.1. The fourth-order valence-corrected chi connectivity index (χ4v) is 8.15. The van der Waals surface area contributed by atoms with Crippen molar-refractivity contribution in [2.75, 3.05) is 44.7 Å². The topological polar surface area (TPSA) is 265 Å². The minimum atomic E-state index is -1.64. The number of benzene rings is 1. The smallest absolute Gasteiger partial charge is 0.305 e. The third-order valence-electron chi connectivity index (χ3n) is 9.47. The molecule has 1 unspecified atom stereocenters. The van der Waals surface area contributed by atoms with Gasteiger partial charge in [-0.1, -0.05) is 46.7 Å². The average molecular weight is 834 g/mol. The second-order valence-electron chi connectivity index (χ2n) is 13.8. The molecule has 20 heteroatoms. The van der Waals surface area contributed by atoms with Gasteiger partial charge in [0.2, 0.25) is 41.4 Å². The summed E-state index contributed by atoms with van der Waals surface area (Å²) in [5.41, 5.74) is 7.37. The summed E-state index contributed by atoms with van der Waals surface area (Å²) in [6.45, 7) is 5.86. The number of primary amides is 1. The Morgan fingerprint density at radius 3 is 2.35 bits per heavy atom. The lowest BCUT2D eigenvalue weighted by Crippen LogP contribution is -2.59. The zero-order valence-corrected chi connectivity index (χ0v) is 34.4. The fraction of sp³-hybridized carbons (Fsp3) is 0.568. The number of nitrogens with zero attached hydrogens (tertiary/aromatic N) is 2. The number of amides is 7. The monoisotopic (exact) mass is 833 g/mol. The maximum Gasteiger partial charge on any atom is 0.305 e. The van der Waals surface area contributed by atoms with E-state index in [1.54, 1.807) is 6.20 Å². The Kier molecular flexibility index (Phi) is 19.1. The number of hydrogen-bond donors (Lipinski definition) is 8. The Morgan fingerprint density at radius 1 is 0.930 bits per heavy atom. The molecule has 3 rings (SSSR count). The van der Waals surface area contributed by atoms with Crippen LogP contribution in [-0.2, 0) is 44.8 Å². The number of carbonyl (C=O) groups is 8. The van der Waals surface area contributed by atoms with Gasteiger partial charge in [-0.3, -0.25) is 38.4 Å². The van der Waals surface area contributed by atoms with Crippen molar-refractivity contribution in [1.29, 1.82) is 0 Å². The van der Waals surface area contributed by atoms with Crippen LogP contribution in [0.4, 0.5) is 0 Å². The minimum Gasteiger partial charge on any atom is -0.481 e. The van der Waals surface area contributed by atoms with Gasteiger partial charge >= 0.3 is 5.97 Å². The molecular formula is C37H55N9O9S2. The van der Waals surface area contributed by atoms with Crippen LogP contribution >= 0.6 is 21.6 Å². The summed E-state index contributed by atoms with van der Waals surface area (Å²) in [6.07, 6.45) is 2.90. The van der Waals surface area contributed by atoms with Crippen molar-refractivity contribution in [2.45, 2.75) is 89.5 Å². The van der Waals surface area contributed by atoms with Gasteiger partial charge in [0.05, 0.1) is 13.0 Å². The highest BCUT2D eigenvalue weighted by Crippen LogP contribution is 2.23. The van der Waals surface area contributed by atoms with Gasteiger partial charge in [-0.15, -0.1) is 0 Å². The number of aromatic amines is 1. The molecule has 314 valence electrons. The lowest BCUT2D eigenvalue weighted by molar-refractivity contribution is -0.144. The number of H-pyrrole nitrogens is 1. The number of aliphatic carboxylic acids is 1. The number of fused-ring (bicyclic) bond motifs is 1. The molecule has 0 spiro atoms. The maximum atomic E-state index is 14.0. The number of para-hydroxylation sites is 1. The Morgan fingerprint density at radius 2 is 1.65 bits per heavy atom. The van der Waals surface area contributed by atoms with Crippen LogP contribution in [0.25, 0.3) is 10.9 Å². The van der Waals surface area contributed by atoms with Crippen LogP contribution in [-0.4, -0.2) is 142 Å². The molecule has 1 aliphatic heterocycles. The number of nitrogens with two attached hydrogens (primary N) is 1. The summed E-state index contributed by atoms with van der Waals surface area (Å²) in [6, 6.07) is 1.34. The van der Waals surface area contributed by atoms with E-state index in [0.717, 1.165) is 36.0 Å². The van der Waals surface area contributed by atoms with Gasteiger partial charge in [0.25, 0.3) is 0 Å². The molecule has 1 saturated heterocycles. The normalized spacial score (nSPS) is 23.0. The van der Waals surface area contributed by atoms with E-state index in [1.165, 1.54) is 40.3 Å². The van der Waals surface area contributed by atoms with Gasteiger partial charge in [0.1, 0.15) is 30.2 Å². The van der Waals surface area contributed by atoms with Gasteiger partial charge in [-0.2, -0.15) is 0 Å². The van der Waals surface area contributed by atoms with Crippen molar-refractivity contribution in [1.82, 2.24) is 41.4 Å². The summed E-state index contributed by atoms with van der Waals surface area (Å²) in [5, 5.41) is 23.1. The molecule has 1 fully saturated rings. The average Bonchev–Trinajstić information content (AvgIpc) is 3.59. The first-order valence-electron chi connectivity index (χ1n) is 18.9. The van der Waals surface area contributed by atoms with Crippen LogP contribution in [0.15, 0.2) is 30.5 Å². The predicted molar refractivity (Wildman–Crippen MR) is 218 cm³/mol. The van der Waals surface area contributed by atoms with Gasteiger partial charge in [0, 0.05) is 41.6 Å². The van der Waals surface area contributed by atoms with Gasteiger partial charge in [-0.05, 0) is 71.3 Å². The highest BCUT2D eigenvalue weighted by Gasteiger charge is 2.34. The summed E-state index contributed by atoms with van der Waals surface area (Å²) >= 11 is 0. The molecule has 0 bridgehead atoms. The van der Waals surface area contributed by atoms with Crippen molar-refractivity contribution >= 4 is 79.8 Å². The molecule has 18 nitrogen and oxygen atoms in total. The first kappa shape index (κ1) is 46.6. The van der Waals surface area contributed by atoms with Crippen molar-refractivity contribution in [3.8, 4) is 0 Å². The molecule has 2 aromatic rings. The lowest BCUT2D eigenvalue weighted by atomic mass is 10.1. The van der Waals surface area contributed by atoms with E-state index in [9.17, 15) is 43.5 Å². The Labute approximate surface area is 339 Å². The quantitative estimate of drug-likeness (QED) is 0.103. The number of aromatic nitrogens is 1. The largest absolute Gasteiger partial charge is 0.481 e. The fourth-order valence-electron chi connectivity index (χ4n) is 5.98. The van der Waals surface area contributed by atoms with E-state index in [0.29, 0.717) is 18.6 Å². The second-order valence-corrected chi connectivity index (χ2v) is 16.4. The molecule has 0 radical (unpaired) electrons. The van der Waals surface area contributed by atoms with Crippen molar-refractivity contribution < 1.29 is 43.5 Å². The molecule has 1 aromatic heterocycles. The number of carbonyl (C=O) groups excluding carboxylic acids is 7. The summed E-state index contributed by atoms with van der Waals surface area (Å²) in [5.74, 6) is -6.18. The molecule has 1 aromatic carbocycles. The summed E-state index contributed by atoms with van der Waals surface area (Å²) < 4.78 is 0. The lowest BCUT2D eigenvalue weighted by Gasteiger charge is -2.32. The minimum absolute atomic E-state index is 0.00908. The molecule has 2 heterocycles. The van der Waals surface area contributed by atoms with Crippen molar-refractivity contribution in [2.24, 2.45) is 5.73 Å². The maximum absolute atomic E-state index is 14.0. The third kappa shape index (κ3) is 15.2.